The van der Waals surface area contributed by atoms with Crippen LogP contribution in [0.25, 0.3) is 10.9 Å². The van der Waals surface area contributed by atoms with Gasteiger partial charge in [0.05, 0.1) is 5.52 Å². The predicted molar refractivity (Wildman–Crippen MR) is 89.2 cm³/mol. The van der Waals surface area contributed by atoms with Gasteiger partial charge in [-0.05, 0) is 30.9 Å². The molecule has 3 N–H and O–H groups in total. The number of hydrogen-bond donors (Lipinski definition) is 2. The Bertz CT molecular complexity index is 803. The zero-order valence-corrected chi connectivity index (χ0v) is 13.2. The van der Waals surface area contributed by atoms with Crippen molar-refractivity contribution >= 4 is 28.5 Å². The maximum Gasteiger partial charge on any atom is 0.270 e. The molecule has 1 fully saturated rings. The molecule has 0 spiro atoms. The SMILES string of the molecule is NC(=O)[C@@H](NC(=O)c1ccc2ccccc2n1)[C@H]1CCCC(=O)C1. The lowest BCUT2D eigenvalue weighted by molar-refractivity contribution is -0.124. The van der Waals surface area contributed by atoms with Gasteiger partial charge in [0, 0.05) is 18.2 Å². The van der Waals surface area contributed by atoms with Gasteiger partial charge in [-0.25, -0.2) is 4.98 Å². The number of fused-ring (bicyclic) bond motifs is 1. The molecule has 0 aliphatic heterocycles. The lowest BCUT2D eigenvalue weighted by Gasteiger charge is -2.28. The molecule has 1 saturated carbocycles. The molecule has 1 aromatic carbocycles. The second kappa shape index (κ2) is 6.78. The van der Waals surface area contributed by atoms with Crippen molar-refractivity contribution < 1.29 is 14.4 Å². The van der Waals surface area contributed by atoms with Gasteiger partial charge < -0.3 is 11.1 Å². The topological polar surface area (TPSA) is 102 Å². The molecule has 2 atom stereocenters. The summed E-state index contributed by atoms with van der Waals surface area (Å²) in [4.78, 5) is 40.2. The van der Waals surface area contributed by atoms with Gasteiger partial charge in [-0.1, -0.05) is 24.3 Å². The van der Waals surface area contributed by atoms with Crippen LogP contribution in [0.2, 0.25) is 0 Å². The molecule has 0 unspecified atom stereocenters. The summed E-state index contributed by atoms with van der Waals surface area (Å²) in [6, 6.07) is 10.0. The minimum atomic E-state index is -0.852. The predicted octanol–water partition coefficient (Wildman–Crippen LogP) is 1.58. The summed E-state index contributed by atoms with van der Waals surface area (Å²) in [5.74, 6) is -1.21. The summed E-state index contributed by atoms with van der Waals surface area (Å²) < 4.78 is 0. The van der Waals surface area contributed by atoms with Crippen LogP contribution in [0.1, 0.15) is 36.2 Å². The molecule has 6 heteroatoms. The van der Waals surface area contributed by atoms with E-state index in [1.54, 1.807) is 12.1 Å². The number of nitrogens with zero attached hydrogens (tertiary/aromatic N) is 1. The summed E-state index contributed by atoms with van der Waals surface area (Å²) in [5.41, 5.74) is 6.37. The number of amides is 2. The van der Waals surface area contributed by atoms with E-state index >= 15 is 0 Å². The summed E-state index contributed by atoms with van der Waals surface area (Å²) in [5, 5.41) is 3.59. The Morgan fingerprint density at radius 1 is 1.21 bits per heavy atom. The zero-order chi connectivity index (χ0) is 17.1. The highest BCUT2D eigenvalue weighted by Gasteiger charge is 2.32. The van der Waals surface area contributed by atoms with Crippen molar-refractivity contribution in [1.82, 2.24) is 10.3 Å². The van der Waals surface area contributed by atoms with E-state index < -0.39 is 17.9 Å². The maximum atomic E-state index is 12.5. The van der Waals surface area contributed by atoms with Gasteiger partial charge in [0.15, 0.2) is 0 Å². The zero-order valence-electron chi connectivity index (χ0n) is 13.2. The molecule has 0 bridgehead atoms. The number of benzene rings is 1. The number of pyridine rings is 1. The molecule has 3 rings (SSSR count). The van der Waals surface area contributed by atoms with E-state index in [4.69, 9.17) is 5.73 Å². The summed E-state index contributed by atoms with van der Waals surface area (Å²) in [6.45, 7) is 0. The van der Waals surface area contributed by atoms with Gasteiger partial charge in [-0.2, -0.15) is 0 Å². The largest absolute Gasteiger partial charge is 0.368 e. The smallest absolute Gasteiger partial charge is 0.270 e. The van der Waals surface area contributed by atoms with E-state index in [2.05, 4.69) is 10.3 Å². The molecular formula is C18H19N3O3. The number of carbonyl (C=O) groups is 3. The summed E-state index contributed by atoms with van der Waals surface area (Å²) in [6.07, 6.45) is 2.23. The summed E-state index contributed by atoms with van der Waals surface area (Å²) >= 11 is 0. The van der Waals surface area contributed by atoms with Crippen molar-refractivity contribution in [3.8, 4) is 0 Å². The molecule has 2 aromatic rings. The molecule has 0 saturated heterocycles. The molecule has 0 radical (unpaired) electrons. The molecule has 1 aromatic heterocycles. The Morgan fingerprint density at radius 3 is 2.75 bits per heavy atom. The first kappa shape index (κ1) is 16.1. The standard InChI is InChI=1S/C18H19N3O3/c19-17(23)16(12-5-3-6-13(22)10-12)21-18(24)15-9-8-11-4-1-2-7-14(11)20-15/h1-2,4,7-9,12,16H,3,5-6,10H2,(H2,19,23)(H,21,24)/t12-,16-/m0/s1. The number of ketones is 1. The van der Waals surface area contributed by atoms with E-state index in [1.165, 1.54) is 0 Å². The molecule has 1 aliphatic carbocycles. The van der Waals surface area contributed by atoms with Crippen LogP contribution < -0.4 is 11.1 Å². The first-order valence-electron chi connectivity index (χ1n) is 8.02. The van der Waals surface area contributed by atoms with Crippen molar-refractivity contribution in [3.05, 3.63) is 42.1 Å². The highest BCUT2D eigenvalue weighted by atomic mass is 16.2. The number of carbonyl (C=O) groups excluding carboxylic acids is 3. The normalized spacial score (nSPS) is 19.0. The maximum absolute atomic E-state index is 12.5. The lowest BCUT2D eigenvalue weighted by Crippen LogP contribution is -2.50. The highest BCUT2D eigenvalue weighted by Crippen LogP contribution is 2.24. The number of aromatic nitrogens is 1. The number of primary amides is 1. The van der Waals surface area contributed by atoms with Crippen molar-refractivity contribution in [2.75, 3.05) is 0 Å². The molecule has 6 nitrogen and oxygen atoms in total. The van der Waals surface area contributed by atoms with Crippen LogP contribution in [0.5, 0.6) is 0 Å². The second-order valence-electron chi connectivity index (χ2n) is 6.14. The minimum absolute atomic E-state index is 0.107. The van der Waals surface area contributed by atoms with Gasteiger partial charge in [-0.15, -0.1) is 0 Å². The number of Topliss-reactive ketones (excluding diaryl/α,β-unsaturated/α-hetero) is 1. The van der Waals surface area contributed by atoms with E-state index in [-0.39, 0.29) is 23.8 Å². The Kier molecular flexibility index (Phi) is 4.55. The van der Waals surface area contributed by atoms with Crippen molar-refractivity contribution in [1.29, 1.82) is 0 Å². The van der Waals surface area contributed by atoms with Gasteiger partial charge in [0.25, 0.3) is 5.91 Å². The average molecular weight is 325 g/mol. The lowest BCUT2D eigenvalue weighted by atomic mass is 9.83. The van der Waals surface area contributed by atoms with Crippen molar-refractivity contribution in [2.24, 2.45) is 11.7 Å². The fraction of sp³-hybridized carbons (Fsp3) is 0.333. The Hall–Kier alpha value is -2.76. The Balaban J connectivity index is 1.79. The van der Waals surface area contributed by atoms with Gasteiger partial charge in [0.1, 0.15) is 17.5 Å². The van der Waals surface area contributed by atoms with E-state index in [1.807, 2.05) is 24.3 Å². The van der Waals surface area contributed by atoms with E-state index in [0.717, 1.165) is 11.8 Å². The quantitative estimate of drug-likeness (QED) is 0.891. The van der Waals surface area contributed by atoms with Crippen LogP contribution >= 0.6 is 0 Å². The number of nitrogens with one attached hydrogen (secondary N) is 1. The second-order valence-corrected chi connectivity index (χ2v) is 6.14. The molecule has 124 valence electrons. The van der Waals surface area contributed by atoms with Crippen molar-refractivity contribution in [3.63, 3.8) is 0 Å². The minimum Gasteiger partial charge on any atom is -0.368 e. The third kappa shape index (κ3) is 3.42. The fourth-order valence-corrected chi connectivity index (χ4v) is 3.17. The number of para-hydroxylation sites is 1. The van der Waals surface area contributed by atoms with Gasteiger partial charge in [0.2, 0.25) is 5.91 Å². The molecule has 1 heterocycles. The van der Waals surface area contributed by atoms with Crippen molar-refractivity contribution in [2.45, 2.75) is 31.7 Å². The fourth-order valence-electron chi connectivity index (χ4n) is 3.17. The monoisotopic (exact) mass is 325 g/mol. The first-order chi connectivity index (χ1) is 11.5. The molecular weight excluding hydrogens is 306 g/mol. The Labute approximate surface area is 139 Å². The number of hydrogen-bond acceptors (Lipinski definition) is 4. The van der Waals surface area contributed by atoms with Crippen LogP contribution in [-0.2, 0) is 9.59 Å². The van der Waals surface area contributed by atoms with Crippen LogP contribution in [-0.4, -0.2) is 28.6 Å². The van der Waals surface area contributed by atoms with Gasteiger partial charge in [-0.3, -0.25) is 14.4 Å². The van der Waals surface area contributed by atoms with Gasteiger partial charge >= 0.3 is 0 Å². The third-order valence-electron chi connectivity index (χ3n) is 4.42. The Morgan fingerprint density at radius 2 is 2.00 bits per heavy atom. The van der Waals surface area contributed by atoms with Crippen LogP contribution in [0.4, 0.5) is 0 Å². The first-order valence-corrected chi connectivity index (χ1v) is 8.02. The molecule has 1 aliphatic rings. The van der Waals surface area contributed by atoms with Crippen LogP contribution in [0.3, 0.4) is 0 Å². The molecule has 24 heavy (non-hydrogen) atoms. The number of rotatable bonds is 4. The summed E-state index contributed by atoms with van der Waals surface area (Å²) in [7, 11) is 0. The number of nitrogens with two attached hydrogens (primary N) is 1. The van der Waals surface area contributed by atoms with E-state index in [9.17, 15) is 14.4 Å². The van der Waals surface area contributed by atoms with Crippen LogP contribution in [0, 0.1) is 5.92 Å². The third-order valence-corrected chi connectivity index (χ3v) is 4.42. The average Bonchev–Trinajstić information content (AvgIpc) is 2.58. The van der Waals surface area contributed by atoms with Crippen LogP contribution in [0.15, 0.2) is 36.4 Å². The highest BCUT2D eigenvalue weighted by molar-refractivity contribution is 5.97. The molecule has 2 amide bonds. The van der Waals surface area contributed by atoms with E-state index in [0.29, 0.717) is 18.4 Å².